The Labute approximate surface area is 196 Å². The number of aromatic nitrogens is 3. The maximum absolute atomic E-state index is 11.9. The maximum atomic E-state index is 11.9. The molecule has 2 aromatic carbocycles. The van der Waals surface area contributed by atoms with Gasteiger partial charge in [-0.05, 0) is 45.0 Å². The standard InChI is InChI=1S/C25H26N4O3S/c1-4-31-24(30)19-11-9-18(10-12-19)21-15-29-25(26-21)33-23(27-29)20-7-5-6-8-22(20)28-13-16(2)32-17(3)14-28/h5-12,15-17H,4,13-14H2,1-3H3. The van der Waals surface area contributed by atoms with Crippen LogP contribution in [0.25, 0.3) is 26.8 Å². The van der Waals surface area contributed by atoms with E-state index in [1.54, 1.807) is 30.4 Å². The van der Waals surface area contributed by atoms with Crippen LogP contribution in [0.5, 0.6) is 0 Å². The molecule has 1 fully saturated rings. The van der Waals surface area contributed by atoms with E-state index in [2.05, 4.69) is 36.9 Å². The summed E-state index contributed by atoms with van der Waals surface area (Å²) >= 11 is 1.57. The predicted molar refractivity (Wildman–Crippen MR) is 130 cm³/mol. The van der Waals surface area contributed by atoms with Gasteiger partial charge in [0.2, 0.25) is 4.96 Å². The number of para-hydroxylation sites is 1. The number of benzene rings is 2. The van der Waals surface area contributed by atoms with Crippen molar-refractivity contribution in [1.82, 2.24) is 14.6 Å². The van der Waals surface area contributed by atoms with Gasteiger partial charge < -0.3 is 14.4 Å². The minimum absolute atomic E-state index is 0.188. The SMILES string of the molecule is CCOC(=O)c1ccc(-c2cn3nc(-c4ccccc4N4CC(C)OC(C)C4)sc3n2)cc1. The fraction of sp³-hybridized carbons (Fsp3) is 0.320. The van der Waals surface area contributed by atoms with Crippen molar-refractivity contribution >= 4 is 28.0 Å². The Bertz CT molecular complexity index is 1240. The van der Waals surface area contributed by atoms with E-state index >= 15 is 0 Å². The summed E-state index contributed by atoms with van der Waals surface area (Å²) in [6, 6.07) is 15.7. The molecule has 33 heavy (non-hydrogen) atoms. The Morgan fingerprint density at radius 1 is 1.12 bits per heavy atom. The molecule has 0 saturated carbocycles. The van der Waals surface area contributed by atoms with Gasteiger partial charge in [0.15, 0.2) is 0 Å². The van der Waals surface area contributed by atoms with E-state index in [9.17, 15) is 4.79 Å². The first kappa shape index (κ1) is 21.6. The second-order valence-electron chi connectivity index (χ2n) is 8.24. The number of hydrogen-bond donors (Lipinski definition) is 0. The van der Waals surface area contributed by atoms with E-state index in [1.807, 2.05) is 28.9 Å². The second-order valence-corrected chi connectivity index (χ2v) is 9.19. The Balaban J connectivity index is 1.42. The van der Waals surface area contributed by atoms with Gasteiger partial charge in [0, 0.05) is 29.9 Å². The smallest absolute Gasteiger partial charge is 0.338 e. The fourth-order valence-electron chi connectivity index (χ4n) is 4.24. The first-order valence-corrected chi connectivity index (χ1v) is 12.0. The number of esters is 1. The molecule has 5 rings (SSSR count). The first-order chi connectivity index (χ1) is 16.0. The minimum atomic E-state index is -0.316. The van der Waals surface area contributed by atoms with Gasteiger partial charge in [-0.15, -0.1) is 0 Å². The molecule has 4 aromatic rings. The molecule has 7 nitrogen and oxygen atoms in total. The molecule has 0 bridgehead atoms. The molecule has 0 aliphatic carbocycles. The Morgan fingerprint density at radius 3 is 2.55 bits per heavy atom. The van der Waals surface area contributed by atoms with Crippen LogP contribution in [0.15, 0.2) is 54.7 Å². The molecular formula is C25H26N4O3S. The number of fused-ring (bicyclic) bond motifs is 1. The molecule has 0 amide bonds. The molecule has 0 N–H and O–H groups in total. The second kappa shape index (κ2) is 8.96. The molecule has 1 aliphatic heterocycles. The van der Waals surface area contributed by atoms with Crippen LogP contribution >= 0.6 is 11.3 Å². The highest BCUT2D eigenvalue weighted by Gasteiger charge is 2.25. The molecule has 170 valence electrons. The number of anilines is 1. The summed E-state index contributed by atoms with van der Waals surface area (Å²) in [6.07, 6.45) is 2.30. The van der Waals surface area contributed by atoms with Gasteiger partial charge >= 0.3 is 5.97 Å². The molecular weight excluding hydrogens is 436 g/mol. The van der Waals surface area contributed by atoms with Crippen LogP contribution in [0.2, 0.25) is 0 Å². The normalized spacial score (nSPS) is 18.6. The lowest BCUT2D eigenvalue weighted by Crippen LogP contribution is -2.45. The minimum Gasteiger partial charge on any atom is -0.462 e. The van der Waals surface area contributed by atoms with Gasteiger partial charge in [-0.25, -0.2) is 14.3 Å². The van der Waals surface area contributed by atoms with E-state index in [-0.39, 0.29) is 18.2 Å². The number of ether oxygens (including phenoxy) is 2. The molecule has 8 heteroatoms. The Hall–Kier alpha value is -3.23. The van der Waals surface area contributed by atoms with Crippen LogP contribution in [0, 0.1) is 0 Å². The molecule has 2 unspecified atom stereocenters. The van der Waals surface area contributed by atoms with Gasteiger partial charge in [0.25, 0.3) is 0 Å². The largest absolute Gasteiger partial charge is 0.462 e. The third-order valence-corrected chi connectivity index (χ3v) is 6.59. The number of nitrogens with zero attached hydrogens (tertiary/aromatic N) is 4. The lowest BCUT2D eigenvalue weighted by atomic mass is 10.1. The number of rotatable bonds is 5. The van der Waals surface area contributed by atoms with Crippen LogP contribution in [0.3, 0.4) is 0 Å². The highest BCUT2D eigenvalue weighted by atomic mass is 32.1. The molecule has 0 radical (unpaired) electrons. The van der Waals surface area contributed by atoms with Crippen molar-refractivity contribution in [1.29, 1.82) is 0 Å². The number of carbonyl (C=O) groups excluding carboxylic acids is 1. The Kier molecular flexibility index (Phi) is 5.86. The highest BCUT2D eigenvalue weighted by molar-refractivity contribution is 7.19. The number of hydrogen-bond acceptors (Lipinski definition) is 7. The van der Waals surface area contributed by atoms with Crippen molar-refractivity contribution < 1.29 is 14.3 Å². The van der Waals surface area contributed by atoms with Gasteiger partial charge in [-0.2, -0.15) is 5.10 Å². The topological polar surface area (TPSA) is 69.0 Å². The van der Waals surface area contributed by atoms with Crippen molar-refractivity contribution in [3.63, 3.8) is 0 Å². The average Bonchev–Trinajstić information content (AvgIpc) is 3.38. The van der Waals surface area contributed by atoms with Crippen LogP contribution in [-0.4, -0.2) is 52.5 Å². The number of imidazole rings is 1. The molecule has 2 aromatic heterocycles. The van der Waals surface area contributed by atoms with Crippen LogP contribution in [0.4, 0.5) is 5.69 Å². The van der Waals surface area contributed by atoms with Gasteiger partial charge in [-0.1, -0.05) is 35.6 Å². The quantitative estimate of drug-likeness (QED) is 0.392. The first-order valence-electron chi connectivity index (χ1n) is 11.2. The van der Waals surface area contributed by atoms with E-state index < -0.39 is 0 Å². The Morgan fingerprint density at radius 2 is 1.85 bits per heavy atom. The lowest BCUT2D eigenvalue weighted by Gasteiger charge is -2.37. The highest BCUT2D eigenvalue weighted by Crippen LogP contribution is 2.35. The predicted octanol–water partition coefficient (Wildman–Crippen LogP) is 4.92. The van der Waals surface area contributed by atoms with Crippen molar-refractivity contribution in [3.05, 3.63) is 60.3 Å². The molecule has 1 aliphatic rings. The molecule has 3 heterocycles. The summed E-state index contributed by atoms with van der Waals surface area (Å²) in [7, 11) is 0. The average molecular weight is 463 g/mol. The van der Waals surface area contributed by atoms with Crippen molar-refractivity contribution in [2.45, 2.75) is 33.0 Å². The summed E-state index contributed by atoms with van der Waals surface area (Å²) in [4.78, 5) is 19.9. The number of carbonyl (C=O) groups is 1. The lowest BCUT2D eigenvalue weighted by molar-refractivity contribution is -0.00518. The number of morpholine rings is 1. The third kappa shape index (κ3) is 4.36. The van der Waals surface area contributed by atoms with Gasteiger partial charge in [0.1, 0.15) is 5.01 Å². The summed E-state index contributed by atoms with van der Waals surface area (Å²) in [5.74, 6) is -0.316. The molecule has 2 atom stereocenters. The monoisotopic (exact) mass is 462 g/mol. The van der Waals surface area contributed by atoms with Crippen LogP contribution in [0.1, 0.15) is 31.1 Å². The van der Waals surface area contributed by atoms with E-state index in [4.69, 9.17) is 19.6 Å². The summed E-state index contributed by atoms with van der Waals surface area (Å²) < 4.78 is 12.8. The van der Waals surface area contributed by atoms with E-state index in [0.717, 1.165) is 39.9 Å². The zero-order chi connectivity index (χ0) is 22.9. The summed E-state index contributed by atoms with van der Waals surface area (Å²) in [5.41, 5.74) is 4.56. The van der Waals surface area contributed by atoms with Crippen molar-refractivity contribution in [2.24, 2.45) is 0 Å². The zero-order valence-corrected chi connectivity index (χ0v) is 19.7. The fourth-order valence-corrected chi connectivity index (χ4v) is 5.16. The molecule has 1 saturated heterocycles. The van der Waals surface area contributed by atoms with E-state index in [1.165, 1.54) is 5.69 Å². The van der Waals surface area contributed by atoms with Crippen LogP contribution < -0.4 is 4.90 Å². The summed E-state index contributed by atoms with van der Waals surface area (Å²) in [6.45, 7) is 8.10. The molecule has 0 spiro atoms. The van der Waals surface area contributed by atoms with Gasteiger partial charge in [0.05, 0.1) is 36.3 Å². The zero-order valence-electron chi connectivity index (χ0n) is 18.9. The van der Waals surface area contributed by atoms with Gasteiger partial charge in [-0.3, -0.25) is 0 Å². The van der Waals surface area contributed by atoms with Crippen molar-refractivity contribution in [3.8, 4) is 21.8 Å². The maximum Gasteiger partial charge on any atom is 0.338 e. The van der Waals surface area contributed by atoms with Crippen LogP contribution in [-0.2, 0) is 9.47 Å². The van der Waals surface area contributed by atoms with Crippen molar-refractivity contribution in [2.75, 3.05) is 24.6 Å². The van der Waals surface area contributed by atoms with E-state index in [0.29, 0.717) is 12.2 Å². The third-order valence-electron chi connectivity index (χ3n) is 5.63. The summed E-state index contributed by atoms with van der Waals surface area (Å²) in [5, 5.41) is 5.77.